The van der Waals surface area contributed by atoms with E-state index in [2.05, 4.69) is 0 Å². The van der Waals surface area contributed by atoms with Crippen LogP contribution in [0.4, 0.5) is 0 Å². The second kappa shape index (κ2) is 7.07. The van der Waals surface area contributed by atoms with Crippen molar-refractivity contribution in [2.75, 3.05) is 26.9 Å². The molecule has 0 aromatic heterocycles. The molecule has 0 bridgehead atoms. The molecule has 1 aliphatic heterocycles. The molecule has 1 aromatic carbocycles. The monoisotopic (exact) mass is 339 g/mol. The highest BCUT2D eigenvalue weighted by Gasteiger charge is 2.45. The van der Waals surface area contributed by atoms with Crippen LogP contribution < -0.4 is 4.74 Å². The first-order valence-corrected chi connectivity index (χ1v) is 8.41. The minimum Gasteiger partial charge on any atom is -0.497 e. The summed E-state index contributed by atoms with van der Waals surface area (Å²) in [5, 5.41) is 0.443. The number of hydrogen-bond donors (Lipinski definition) is 0. The van der Waals surface area contributed by atoms with Crippen LogP contribution in [0.3, 0.4) is 0 Å². The van der Waals surface area contributed by atoms with Gasteiger partial charge >= 0.3 is 0 Å². The lowest BCUT2D eigenvalue weighted by Gasteiger charge is -2.39. The number of halogens is 1. The van der Waals surface area contributed by atoms with Gasteiger partial charge in [0.1, 0.15) is 11.9 Å². The number of carbonyl (C=O) groups excluding carboxylic acids is 1. The van der Waals surface area contributed by atoms with Crippen LogP contribution in [0.25, 0.3) is 0 Å². The van der Waals surface area contributed by atoms with Crippen molar-refractivity contribution in [1.29, 1.82) is 0 Å². The summed E-state index contributed by atoms with van der Waals surface area (Å²) in [7, 11) is 1.58. The van der Waals surface area contributed by atoms with Gasteiger partial charge in [0.25, 0.3) is 5.91 Å². The highest BCUT2D eigenvalue weighted by atomic mass is 35.5. The van der Waals surface area contributed by atoms with E-state index in [9.17, 15) is 4.79 Å². The van der Waals surface area contributed by atoms with E-state index in [1.807, 2.05) is 11.8 Å². The van der Waals surface area contributed by atoms with Crippen LogP contribution in [0.1, 0.15) is 30.1 Å². The van der Waals surface area contributed by atoms with Crippen LogP contribution >= 0.6 is 11.6 Å². The third-order valence-electron chi connectivity index (χ3n) is 4.58. The number of hydrogen-bond acceptors (Lipinski definition) is 4. The van der Waals surface area contributed by atoms with Gasteiger partial charge in [-0.25, -0.2) is 0 Å². The van der Waals surface area contributed by atoms with Gasteiger partial charge in [0, 0.05) is 13.2 Å². The van der Waals surface area contributed by atoms with E-state index in [0.717, 1.165) is 12.8 Å². The Morgan fingerprint density at radius 2 is 2.26 bits per heavy atom. The Bertz CT molecular complexity index is 580. The summed E-state index contributed by atoms with van der Waals surface area (Å²) in [4.78, 5) is 14.9. The largest absolute Gasteiger partial charge is 0.497 e. The molecule has 1 heterocycles. The smallest absolute Gasteiger partial charge is 0.255 e. The minimum absolute atomic E-state index is 0.0444. The fourth-order valence-electron chi connectivity index (χ4n) is 3.51. The van der Waals surface area contributed by atoms with Crippen molar-refractivity contribution < 1.29 is 19.0 Å². The first-order chi connectivity index (χ1) is 11.2. The van der Waals surface area contributed by atoms with Crippen molar-refractivity contribution in [2.45, 2.75) is 38.0 Å². The molecule has 5 nitrogen and oxygen atoms in total. The van der Waals surface area contributed by atoms with Gasteiger partial charge in [-0.3, -0.25) is 4.79 Å². The van der Waals surface area contributed by atoms with Crippen molar-refractivity contribution in [1.82, 2.24) is 4.90 Å². The fourth-order valence-corrected chi connectivity index (χ4v) is 3.71. The minimum atomic E-state index is -0.0654. The number of benzene rings is 1. The van der Waals surface area contributed by atoms with Gasteiger partial charge in [-0.15, -0.1) is 0 Å². The van der Waals surface area contributed by atoms with Crippen molar-refractivity contribution in [2.24, 2.45) is 0 Å². The average Bonchev–Trinajstić information content (AvgIpc) is 2.98. The Labute approximate surface area is 141 Å². The van der Waals surface area contributed by atoms with Crippen molar-refractivity contribution in [3.05, 3.63) is 28.8 Å². The predicted octanol–water partition coefficient (Wildman–Crippen LogP) is 2.76. The van der Waals surface area contributed by atoms with Crippen LogP contribution in [0.15, 0.2) is 18.2 Å². The summed E-state index contributed by atoms with van der Waals surface area (Å²) in [5.74, 6) is 0.561. The molecule has 2 fully saturated rings. The van der Waals surface area contributed by atoms with E-state index >= 15 is 0 Å². The number of nitrogens with zero attached hydrogens (tertiary/aromatic N) is 1. The van der Waals surface area contributed by atoms with Crippen LogP contribution in [0.2, 0.25) is 5.02 Å². The fraction of sp³-hybridized carbons (Fsp3) is 0.588. The van der Waals surface area contributed by atoms with Crippen molar-refractivity contribution >= 4 is 17.5 Å². The molecule has 0 N–H and O–H groups in total. The Balaban J connectivity index is 1.82. The summed E-state index contributed by atoms with van der Waals surface area (Å²) in [6, 6.07) is 5.20. The SMILES string of the molecule is CCO[C@@H]1CC[C@H]2[C@H]1OCCN2C(=O)c1cc(OC)ccc1Cl. The first kappa shape index (κ1) is 16.6. The molecule has 1 aliphatic carbocycles. The maximum Gasteiger partial charge on any atom is 0.255 e. The summed E-state index contributed by atoms with van der Waals surface area (Å²) < 4.78 is 16.8. The lowest BCUT2D eigenvalue weighted by Crippen LogP contribution is -2.53. The normalized spacial score (nSPS) is 26.9. The molecule has 6 heteroatoms. The molecule has 2 aliphatic rings. The second-order valence-corrected chi connectivity index (χ2v) is 6.23. The summed E-state index contributed by atoms with van der Waals surface area (Å²) in [6.45, 7) is 3.74. The maximum absolute atomic E-state index is 13.0. The van der Waals surface area contributed by atoms with Crippen LogP contribution in [0, 0.1) is 0 Å². The molecule has 1 amide bonds. The van der Waals surface area contributed by atoms with Gasteiger partial charge in [-0.2, -0.15) is 0 Å². The van der Waals surface area contributed by atoms with Gasteiger partial charge in [0.05, 0.1) is 36.4 Å². The van der Waals surface area contributed by atoms with E-state index in [4.69, 9.17) is 25.8 Å². The van der Waals surface area contributed by atoms with E-state index in [-0.39, 0.29) is 24.2 Å². The molecule has 3 rings (SSSR count). The predicted molar refractivity (Wildman–Crippen MR) is 87.2 cm³/mol. The molecular formula is C17H22ClNO4. The number of rotatable bonds is 4. The summed E-state index contributed by atoms with van der Waals surface area (Å²) in [5.41, 5.74) is 0.478. The van der Waals surface area contributed by atoms with Gasteiger partial charge in [0.15, 0.2) is 0 Å². The Kier molecular flexibility index (Phi) is 5.09. The molecule has 23 heavy (non-hydrogen) atoms. The number of ether oxygens (including phenoxy) is 3. The van der Waals surface area contributed by atoms with Gasteiger partial charge < -0.3 is 19.1 Å². The van der Waals surface area contributed by atoms with E-state index in [0.29, 0.717) is 36.1 Å². The second-order valence-electron chi connectivity index (χ2n) is 5.82. The maximum atomic E-state index is 13.0. The van der Waals surface area contributed by atoms with Gasteiger partial charge in [0.2, 0.25) is 0 Å². The molecule has 1 saturated carbocycles. The quantitative estimate of drug-likeness (QED) is 0.846. The van der Waals surface area contributed by atoms with Crippen LogP contribution in [0.5, 0.6) is 5.75 Å². The van der Waals surface area contributed by atoms with Gasteiger partial charge in [-0.05, 0) is 38.0 Å². The molecule has 1 aromatic rings. The first-order valence-electron chi connectivity index (χ1n) is 8.03. The molecule has 3 atom stereocenters. The van der Waals surface area contributed by atoms with Crippen molar-refractivity contribution in [3.8, 4) is 5.75 Å². The zero-order valence-electron chi connectivity index (χ0n) is 13.5. The summed E-state index contributed by atoms with van der Waals surface area (Å²) in [6.07, 6.45) is 1.83. The number of methoxy groups -OCH3 is 1. The topological polar surface area (TPSA) is 48.0 Å². The lowest BCUT2D eigenvalue weighted by molar-refractivity contribution is -0.102. The highest BCUT2D eigenvalue weighted by Crippen LogP contribution is 2.34. The molecule has 1 saturated heterocycles. The van der Waals surface area contributed by atoms with Crippen LogP contribution in [-0.4, -0.2) is 55.9 Å². The summed E-state index contributed by atoms with van der Waals surface area (Å²) >= 11 is 6.23. The average molecular weight is 340 g/mol. The standard InChI is InChI=1S/C17H22ClNO4/c1-3-22-15-7-6-14-16(15)23-9-8-19(14)17(20)12-10-11(21-2)4-5-13(12)18/h4-5,10,14-16H,3,6-9H2,1-2H3/t14-,15+,16+/m0/s1. The molecule has 0 unspecified atom stereocenters. The van der Waals surface area contributed by atoms with Crippen molar-refractivity contribution in [3.63, 3.8) is 0 Å². The lowest BCUT2D eigenvalue weighted by atomic mass is 10.1. The van der Waals surface area contributed by atoms with E-state index in [1.165, 1.54) is 0 Å². The Morgan fingerprint density at radius 3 is 3.00 bits per heavy atom. The number of morpholine rings is 1. The Hall–Kier alpha value is -1.30. The number of carbonyl (C=O) groups is 1. The number of fused-ring (bicyclic) bond motifs is 1. The van der Waals surface area contributed by atoms with Crippen LogP contribution in [-0.2, 0) is 9.47 Å². The third-order valence-corrected chi connectivity index (χ3v) is 4.91. The zero-order chi connectivity index (χ0) is 16.4. The molecular weight excluding hydrogens is 318 g/mol. The van der Waals surface area contributed by atoms with E-state index in [1.54, 1.807) is 25.3 Å². The number of amides is 1. The molecule has 0 radical (unpaired) electrons. The Morgan fingerprint density at radius 1 is 1.43 bits per heavy atom. The third kappa shape index (κ3) is 3.18. The molecule has 0 spiro atoms. The highest BCUT2D eigenvalue weighted by molar-refractivity contribution is 6.33. The van der Waals surface area contributed by atoms with Gasteiger partial charge in [-0.1, -0.05) is 11.6 Å². The van der Waals surface area contributed by atoms with E-state index < -0.39 is 0 Å². The zero-order valence-corrected chi connectivity index (χ0v) is 14.2. The molecule has 126 valence electrons.